The number of thioether (sulfide) groups is 1. The number of halogens is 1. The van der Waals surface area contributed by atoms with Crippen LogP contribution in [0.4, 0.5) is 0 Å². The first-order valence-corrected chi connectivity index (χ1v) is 5.70. The van der Waals surface area contributed by atoms with Gasteiger partial charge in [-0.3, -0.25) is 5.41 Å². The summed E-state index contributed by atoms with van der Waals surface area (Å²) in [4.78, 5) is 0. The predicted octanol–water partition coefficient (Wildman–Crippen LogP) is 3.77. The zero-order chi connectivity index (χ0) is 9.52. The summed E-state index contributed by atoms with van der Waals surface area (Å²) in [6, 6.07) is 10.4. The number of hydrogen-bond acceptors (Lipinski definition) is 2. The molecule has 1 aromatic carbocycles. The molecule has 78 valence electrons. The fourth-order valence-electron chi connectivity index (χ4n) is 1.20. The third-order valence-corrected chi connectivity index (χ3v) is 2.66. The summed E-state index contributed by atoms with van der Waals surface area (Å²) in [5.41, 5.74) is 1.37. The highest BCUT2D eigenvalue weighted by molar-refractivity contribution is 8.13. The van der Waals surface area contributed by atoms with E-state index in [9.17, 15) is 0 Å². The third kappa shape index (κ3) is 5.30. The van der Waals surface area contributed by atoms with Crippen LogP contribution in [0.1, 0.15) is 18.4 Å². The van der Waals surface area contributed by atoms with Gasteiger partial charge < -0.3 is 0 Å². The van der Waals surface area contributed by atoms with E-state index >= 15 is 0 Å². The highest BCUT2D eigenvalue weighted by Gasteiger charge is 1.95. The van der Waals surface area contributed by atoms with E-state index in [1.165, 1.54) is 5.56 Å². The van der Waals surface area contributed by atoms with Crippen LogP contribution in [-0.2, 0) is 6.42 Å². The van der Waals surface area contributed by atoms with Crippen molar-refractivity contribution in [3.8, 4) is 0 Å². The molecule has 0 bridgehead atoms. The van der Waals surface area contributed by atoms with Crippen LogP contribution in [0.25, 0.3) is 0 Å². The lowest BCUT2D eigenvalue weighted by Gasteiger charge is -2.00. The van der Waals surface area contributed by atoms with Crippen molar-refractivity contribution in [2.45, 2.75) is 19.3 Å². The highest BCUT2D eigenvalue weighted by atomic mass is 35.5. The molecule has 14 heavy (non-hydrogen) atoms. The van der Waals surface area contributed by atoms with Gasteiger partial charge in [0.05, 0.1) is 5.04 Å². The molecule has 0 unspecified atom stereocenters. The fraction of sp³-hybridized carbons (Fsp3) is 0.364. The number of rotatable bonds is 4. The van der Waals surface area contributed by atoms with Crippen LogP contribution < -0.4 is 0 Å². The van der Waals surface area contributed by atoms with Crippen LogP contribution in [0.15, 0.2) is 30.3 Å². The molecular weight excluding hydrogens is 214 g/mol. The maximum atomic E-state index is 7.47. The molecule has 0 heterocycles. The van der Waals surface area contributed by atoms with Crippen LogP contribution in [0, 0.1) is 5.41 Å². The minimum atomic E-state index is 0. The smallest absolute Gasteiger partial charge is 0.0638 e. The molecule has 1 rings (SSSR count). The molecule has 0 aromatic heterocycles. The molecule has 0 radical (unpaired) electrons. The molecule has 0 saturated carbocycles. The summed E-state index contributed by atoms with van der Waals surface area (Å²) in [6.07, 6.45) is 5.05. The molecule has 1 nitrogen and oxygen atoms in total. The Bertz CT molecular complexity index is 261. The molecule has 0 aliphatic heterocycles. The van der Waals surface area contributed by atoms with Crippen molar-refractivity contribution >= 4 is 29.2 Å². The molecule has 1 aromatic rings. The molecule has 0 amide bonds. The monoisotopic (exact) mass is 229 g/mol. The molecule has 1 N–H and O–H groups in total. The Hall–Kier alpha value is -0.470. The average Bonchev–Trinajstić information content (AvgIpc) is 2.19. The van der Waals surface area contributed by atoms with Crippen LogP contribution in [-0.4, -0.2) is 11.3 Å². The van der Waals surface area contributed by atoms with Crippen LogP contribution in [0.2, 0.25) is 0 Å². The van der Waals surface area contributed by atoms with Gasteiger partial charge >= 0.3 is 0 Å². The van der Waals surface area contributed by atoms with Crippen LogP contribution in [0.5, 0.6) is 0 Å². The topological polar surface area (TPSA) is 23.9 Å². The number of aryl methyl sites for hydroxylation is 1. The Morgan fingerprint density at radius 2 is 1.93 bits per heavy atom. The first-order chi connectivity index (χ1) is 6.33. The van der Waals surface area contributed by atoms with E-state index < -0.39 is 0 Å². The maximum absolute atomic E-state index is 7.47. The van der Waals surface area contributed by atoms with Crippen LogP contribution >= 0.6 is 24.2 Å². The van der Waals surface area contributed by atoms with E-state index in [-0.39, 0.29) is 12.4 Å². The zero-order valence-electron chi connectivity index (χ0n) is 8.32. The van der Waals surface area contributed by atoms with Gasteiger partial charge in [0.15, 0.2) is 0 Å². The minimum absolute atomic E-state index is 0. The van der Waals surface area contributed by atoms with E-state index in [1.54, 1.807) is 11.8 Å². The van der Waals surface area contributed by atoms with Gasteiger partial charge in [0, 0.05) is 0 Å². The number of nitrogens with one attached hydrogen (secondary N) is 1. The fourth-order valence-corrected chi connectivity index (χ4v) is 1.55. The average molecular weight is 230 g/mol. The normalized spacial score (nSPS) is 9.21. The second-order valence-corrected chi connectivity index (χ2v) is 3.87. The van der Waals surface area contributed by atoms with Crippen molar-refractivity contribution in [3.63, 3.8) is 0 Å². The molecule has 0 aliphatic rings. The third-order valence-electron chi connectivity index (χ3n) is 1.96. The Balaban J connectivity index is 0.00000169. The largest absolute Gasteiger partial charge is 0.298 e. The van der Waals surface area contributed by atoms with Crippen molar-refractivity contribution in [1.82, 2.24) is 0 Å². The first kappa shape index (κ1) is 13.5. The van der Waals surface area contributed by atoms with Crippen molar-refractivity contribution in [3.05, 3.63) is 35.9 Å². The molecule has 0 atom stereocenters. The van der Waals surface area contributed by atoms with E-state index in [2.05, 4.69) is 24.3 Å². The lowest BCUT2D eigenvalue weighted by Crippen LogP contribution is -1.91. The molecule has 0 aliphatic carbocycles. The quantitative estimate of drug-likeness (QED) is 0.617. The SMILES string of the molecule is CSC(=N)CCCc1ccccc1.Cl. The summed E-state index contributed by atoms with van der Waals surface area (Å²) < 4.78 is 0. The Kier molecular flexibility index (Phi) is 7.63. The Morgan fingerprint density at radius 3 is 2.50 bits per heavy atom. The summed E-state index contributed by atoms with van der Waals surface area (Å²) in [6.45, 7) is 0. The van der Waals surface area contributed by atoms with Crippen LogP contribution in [0.3, 0.4) is 0 Å². The number of hydrogen-bond donors (Lipinski definition) is 1. The van der Waals surface area contributed by atoms with E-state index in [1.807, 2.05) is 12.3 Å². The van der Waals surface area contributed by atoms with E-state index in [0.29, 0.717) is 0 Å². The Labute approximate surface area is 96.2 Å². The Morgan fingerprint density at radius 1 is 1.29 bits per heavy atom. The van der Waals surface area contributed by atoms with Gasteiger partial charge in [-0.05, 0) is 31.1 Å². The minimum Gasteiger partial charge on any atom is -0.298 e. The van der Waals surface area contributed by atoms with Gasteiger partial charge in [0.25, 0.3) is 0 Å². The first-order valence-electron chi connectivity index (χ1n) is 4.48. The molecule has 0 fully saturated rings. The standard InChI is InChI=1S/C11H15NS.ClH/c1-13-11(12)9-5-8-10-6-3-2-4-7-10;/h2-4,6-7,12H,5,8-9H2,1H3;1H. The lowest BCUT2D eigenvalue weighted by molar-refractivity contribution is 0.869. The van der Waals surface area contributed by atoms with Gasteiger partial charge in [-0.2, -0.15) is 0 Å². The van der Waals surface area contributed by atoms with E-state index in [4.69, 9.17) is 5.41 Å². The molecule has 0 spiro atoms. The summed E-state index contributed by atoms with van der Waals surface area (Å²) >= 11 is 1.54. The van der Waals surface area contributed by atoms with Crippen molar-refractivity contribution < 1.29 is 0 Å². The summed E-state index contributed by atoms with van der Waals surface area (Å²) in [7, 11) is 0. The predicted molar refractivity (Wildman–Crippen MR) is 67.9 cm³/mol. The van der Waals surface area contributed by atoms with Gasteiger partial charge in [-0.1, -0.05) is 30.3 Å². The van der Waals surface area contributed by atoms with Gasteiger partial charge in [0.2, 0.25) is 0 Å². The molecule has 0 saturated heterocycles. The van der Waals surface area contributed by atoms with Crippen molar-refractivity contribution in [2.24, 2.45) is 0 Å². The zero-order valence-corrected chi connectivity index (χ0v) is 9.96. The lowest BCUT2D eigenvalue weighted by atomic mass is 10.1. The summed E-state index contributed by atoms with van der Waals surface area (Å²) in [5.74, 6) is 0. The molecule has 3 heteroatoms. The van der Waals surface area contributed by atoms with Crippen molar-refractivity contribution in [2.75, 3.05) is 6.26 Å². The van der Waals surface area contributed by atoms with Crippen molar-refractivity contribution in [1.29, 1.82) is 5.41 Å². The maximum Gasteiger partial charge on any atom is 0.0638 e. The van der Waals surface area contributed by atoms with Gasteiger partial charge in [0.1, 0.15) is 0 Å². The highest BCUT2D eigenvalue weighted by Crippen LogP contribution is 2.08. The van der Waals surface area contributed by atoms with Gasteiger partial charge in [-0.15, -0.1) is 24.2 Å². The molecular formula is C11H16ClNS. The second-order valence-electron chi connectivity index (χ2n) is 2.97. The second kappa shape index (κ2) is 7.89. The summed E-state index contributed by atoms with van der Waals surface area (Å²) in [5, 5.41) is 8.25. The van der Waals surface area contributed by atoms with E-state index in [0.717, 1.165) is 24.3 Å². The number of benzene rings is 1. The van der Waals surface area contributed by atoms with Gasteiger partial charge in [-0.25, -0.2) is 0 Å².